The molecule has 0 aromatic rings. The monoisotopic (exact) mass is 348 g/mol. The van der Waals surface area contributed by atoms with Gasteiger partial charge < -0.3 is 19.3 Å². The van der Waals surface area contributed by atoms with E-state index in [2.05, 4.69) is 6.58 Å². The smallest absolute Gasteiger partial charge is 0.334 e. The Hall–Kier alpha value is -1.92. The molecule has 6 heteroatoms. The number of hydrogen-bond donors (Lipinski definition) is 1. The van der Waals surface area contributed by atoms with Crippen LogP contribution in [0.5, 0.6) is 0 Å². The predicted molar refractivity (Wildman–Crippen MR) is 89.2 cm³/mol. The Bertz CT molecular complexity index is 690. The molecule has 3 rings (SSSR count). The third kappa shape index (κ3) is 3.04. The van der Waals surface area contributed by atoms with Gasteiger partial charge in [-0.2, -0.15) is 0 Å². The van der Waals surface area contributed by atoms with E-state index in [1.54, 1.807) is 39.0 Å². The maximum absolute atomic E-state index is 12.2. The van der Waals surface area contributed by atoms with Crippen molar-refractivity contribution in [3.8, 4) is 0 Å². The summed E-state index contributed by atoms with van der Waals surface area (Å²) in [6.07, 6.45) is 3.96. The number of aliphatic hydroxyl groups is 1. The molecular weight excluding hydrogens is 324 g/mol. The number of carbonyl (C=O) groups is 2. The fourth-order valence-electron chi connectivity index (χ4n) is 3.51. The van der Waals surface area contributed by atoms with Gasteiger partial charge in [0.05, 0.1) is 17.4 Å². The number of fused-ring (bicyclic) bond motifs is 3. The summed E-state index contributed by atoms with van der Waals surface area (Å²) in [5.41, 5.74) is -0.0548. The molecule has 1 N–H and O–H groups in total. The van der Waals surface area contributed by atoms with Crippen LogP contribution in [0.2, 0.25) is 0 Å². The van der Waals surface area contributed by atoms with Gasteiger partial charge in [-0.05, 0) is 31.6 Å². The molecule has 25 heavy (non-hydrogen) atoms. The van der Waals surface area contributed by atoms with E-state index in [1.807, 2.05) is 6.92 Å². The predicted octanol–water partition coefficient (Wildman–Crippen LogP) is 2.04. The van der Waals surface area contributed by atoms with Gasteiger partial charge in [-0.1, -0.05) is 26.5 Å². The Labute approximate surface area is 147 Å². The van der Waals surface area contributed by atoms with Crippen molar-refractivity contribution in [3.05, 3.63) is 36.0 Å². The van der Waals surface area contributed by atoms with E-state index in [1.165, 1.54) is 0 Å². The van der Waals surface area contributed by atoms with Crippen LogP contribution in [0, 0.1) is 11.8 Å². The second-order valence-electron chi connectivity index (χ2n) is 7.55. The molecule has 1 fully saturated rings. The van der Waals surface area contributed by atoms with Crippen LogP contribution in [0.25, 0.3) is 0 Å². The maximum atomic E-state index is 12.2. The second kappa shape index (κ2) is 5.81. The van der Waals surface area contributed by atoms with Crippen molar-refractivity contribution in [1.82, 2.24) is 0 Å². The van der Waals surface area contributed by atoms with Crippen molar-refractivity contribution in [3.63, 3.8) is 0 Å². The van der Waals surface area contributed by atoms with Crippen LogP contribution in [-0.2, 0) is 23.8 Å². The number of esters is 2. The molecule has 3 aliphatic heterocycles. The lowest BCUT2D eigenvalue weighted by Gasteiger charge is -2.33. The zero-order valence-corrected chi connectivity index (χ0v) is 14.9. The highest BCUT2D eigenvalue weighted by Crippen LogP contribution is 2.44. The molecule has 6 nitrogen and oxygen atoms in total. The van der Waals surface area contributed by atoms with Crippen LogP contribution in [0.1, 0.15) is 34.1 Å². The van der Waals surface area contributed by atoms with Gasteiger partial charge in [-0.3, -0.25) is 4.79 Å². The highest BCUT2D eigenvalue weighted by atomic mass is 16.6. The van der Waals surface area contributed by atoms with E-state index in [0.29, 0.717) is 5.57 Å². The minimum atomic E-state index is -1.56. The van der Waals surface area contributed by atoms with Gasteiger partial charge in [-0.25, -0.2) is 4.79 Å². The first kappa shape index (κ1) is 17.9. The molecular formula is C19H24O6. The van der Waals surface area contributed by atoms with E-state index in [9.17, 15) is 14.7 Å². The topological polar surface area (TPSA) is 82.1 Å². The Kier molecular flexibility index (Phi) is 4.16. The van der Waals surface area contributed by atoms with Crippen molar-refractivity contribution in [2.45, 2.75) is 57.7 Å². The van der Waals surface area contributed by atoms with Crippen molar-refractivity contribution < 1.29 is 28.9 Å². The summed E-state index contributed by atoms with van der Waals surface area (Å²) in [5.74, 6) is -3.26. The molecule has 136 valence electrons. The Morgan fingerprint density at radius 2 is 2.12 bits per heavy atom. The SMILES string of the molecule is C=C1C(=O)O[C@H]2/C=C(/C)[C@@]3(O)C=C[C@@](C)(C[C@@H](OC(=O)C(C)C)[C@@H]12)O3. The molecule has 0 radical (unpaired) electrons. The van der Waals surface area contributed by atoms with E-state index in [-0.39, 0.29) is 23.9 Å². The van der Waals surface area contributed by atoms with Crippen molar-refractivity contribution in [2.75, 3.05) is 0 Å². The lowest BCUT2D eigenvalue weighted by Crippen LogP contribution is -2.41. The fraction of sp³-hybridized carbons (Fsp3) is 0.579. The van der Waals surface area contributed by atoms with E-state index in [0.717, 1.165) is 0 Å². The highest BCUT2D eigenvalue weighted by Gasteiger charge is 2.52. The van der Waals surface area contributed by atoms with Crippen molar-refractivity contribution in [2.24, 2.45) is 11.8 Å². The minimum absolute atomic E-state index is 0.271. The van der Waals surface area contributed by atoms with Gasteiger partial charge in [-0.15, -0.1) is 0 Å². The van der Waals surface area contributed by atoms with Gasteiger partial charge in [0.1, 0.15) is 12.2 Å². The summed E-state index contributed by atoms with van der Waals surface area (Å²) < 4.78 is 17.0. The average molecular weight is 348 g/mol. The van der Waals surface area contributed by atoms with Gasteiger partial charge in [0.15, 0.2) is 0 Å². The molecule has 1 saturated heterocycles. The first-order valence-electron chi connectivity index (χ1n) is 8.47. The lowest BCUT2D eigenvalue weighted by molar-refractivity contribution is -0.190. The molecule has 0 saturated carbocycles. The summed E-state index contributed by atoms with van der Waals surface area (Å²) >= 11 is 0. The van der Waals surface area contributed by atoms with Crippen molar-refractivity contribution in [1.29, 1.82) is 0 Å². The number of rotatable bonds is 2. The standard InChI is InChI=1S/C19H24O6/c1-10(2)16(20)24-14-9-18(5)6-7-19(22,25-18)11(3)8-13-15(14)12(4)17(21)23-13/h6-8,10,13-15,22H,4,9H2,1-3,5H3/b11-8-/t13-,14+,15-,18-,19+/m0/s1. The average Bonchev–Trinajstić information content (AvgIpc) is 2.97. The quantitative estimate of drug-likeness (QED) is 0.467. The lowest BCUT2D eigenvalue weighted by atomic mass is 9.83. The third-order valence-electron chi connectivity index (χ3n) is 5.04. The number of carbonyl (C=O) groups excluding carboxylic acids is 2. The van der Waals surface area contributed by atoms with E-state index in [4.69, 9.17) is 14.2 Å². The molecule has 0 aromatic carbocycles. The molecule has 0 amide bonds. The molecule has 3 aliphatic rings. The van der Waals surface area contributed by atoms with Crippen LogP contribution in [-0.4, -0.2) is 40.6 Å². The summed E-state index contributed by atoms with van der Waals surface area (Å²) in [6, 6.07) is 0. The molecule has 5 atom stereocenters. The molecule has 0 spiro atoms. The number of hydrogen-bond acceptors (Lipinski definition) is 6. The van der Waals surface area contributed by atoms with Crippen LogP contribution < -0.4 is 0 Å². The van der Waals surface area contributed by atoms with Gasteiger partial charge in [0.2, 0.25) is 5.79 Å². The first-order chi connectivity index (χ1) is 11.5. The molecule has 3 heterocycles. The number of ether oxygens (including phenoxy) is 3. The Morgan fingerprint density at radius 1 is 1.44 bits per heavy atom. The summed E-state index contributed by atoms with van der Waals surface area (Å²) in [6.45, 7) is 10.9. The van der Waals surface area contributed by atoms with Crippen molar-refractivity contribution >= 4 is 11.9 Å². The van der Waals surface area contributed by atoms with Crippen LogP contribution in [0.15, 0.2) is 36.0 Å². The van der Waals surface area contributed by atoms with Gasteiger partial charge in [0.25, 0.3) is 0 Å². The Balaban J connectivity index is 2.04. The summed E-state index contributed by atoms with van der Waals surface area (Å²) in [4.78, 5) is 24.3. The molecule has 2 bridgehead atoms. The molecule has 0 unspecified atom stereocenters. The van der Waals surface area contributed by atoms with Crippen LogP contribution in [0.3, 0.4) is 0 Å². The van der Waals surface area contributed by atoms with Gasteiger partial charge >= 0.3 is 11.9 Å². The zero-order chi connectivity index (χ0) is 18.6. The van der Waals surface area contributed by atoms with Crippen LogP contribution in [0.4, 0.5) is 0 Å². The minimum Gasteiger partial charge on any atom is -0.461 e. The highest BCUT2D eigenvalue weighted by molar-refractivity contribution is 5.91. The summed E-state index contributed by atoms with van der Waals surface area (Å²) in [5, 5.41) is 10.7. The summed E-state index contributed by atoms with van der Waals surface area (Å²) in [7, 11) is 0. The maximum Gasteiger partial charge on any atom is 0.334 e. The van der Waals surface area contributed by atoms with E-state index < -0.39 is 35.5 Å². The largest absolute Gasteiger partial charge is 0.461 e. The molecule has 0 aromatic heterocycles. The molecule has 0 aliphatic carbocycles. The van der Waals surface area contributed by atoms with E-state index >= 15 is 0 Å². The fourth-order valence-corrected chi connectivity index (χ4v) is 3.51. The van der Waals surface area contributed by atoms with Crippen LogP contribution >= 0.6 is 0 Å². The third-order valence-corrected chi connectivity index (χ3v) is 5.04. The first-order valence-corrected chi connectivity index (χ1v) is 8.47. The second-order valence-corrected chi connectivity index (χ2v) is 7.55. The Morgan fingerprint density at radius 3 is 2.76 bits per heavy atom. The zero-order valence-electron chi connectivity index (χ0n) is 14.9. The van der Waals surface area contributed by atoms with Gasteiger partial charge in [0, 0.05) is 12.0 Å². The normalized spacial score (nSPS) is 42.2.